The molecule has 1 aromatic carbocycles. The topological polar surface area (TPSA) is 69.0 Å². The van der Waals surface area contributed by atoms with Crippen LogP contribution in [0.1, 0.15) is 36.9 Å². The summed E-state index contributed by atoms with van der Waals surface area (Å²) in [4.78, 5) is 17.2. The highest BCUT2D eigenvalue weighted by Crippen LogP contribution is 2.36. The van der Waals surface area contributed by atoms with Gasteiger partial charge in [0.15, 0.2) is 0 Å². The predicted molar refractivity (Wildman–Crippen MR) is 101 cm³/mol. The van der Waals surface area contributed by atoms with Gasteiger partial charge in [-0.25, -0.2) is 9.07 Å². The van der Waals surface area contributed by atoms with Crippen LogP contribution in [0.3, 0.4) is 0 Å². The highest BCUT2D eigenvalue weighted by molar-refractivity contribution is 5.80. The van der Waals surface area contributed by atoms with Crippen molar-refractivity contribution >= 4 is 5.91 Å². The molecular formula is C21H21FN4O2. The highest BCUT2D eigenvalue weighted by Gasteiger charge is 2.37. The molecule has 4 rings (SSSR count). The SMILES string of the molecule is CC(NC(=O)[C@H]1CCO[C@@H]1c1ccnn1-c1ccc(F)cc1)c1ccccn1. The van der Waals surface area contributed by atoms with Crippen molar-refractivity contribution < 1.29 is 13.9 Å². The summed E-state index contributed by atoms with van der Waals surface area (Å²) in [7, 11) is 0. The first kappa shape index (κ1) is 18.3. The summed E-state index contributed by atoms with van der Waals surface area (Å²) in [6.07, 6.45) is 3.58. The van der Waals surface area contributed by atoms with Crippen molar-refractivity contribution in [2.45, 2.75) is 25.5 Å². The molecular weight excluding hydrogens is 359 g/mol. The molecule has 0 saturated carbocycles. The van der Waals surface area contributed by atoms with E-state index in [1.54, 1.807) is 29.2 Å². The molecule has 7 heteroatoms. The van der Waals surface area contributed by atoms with Crippen LogP contribution in [0.5, 0.6) is 0 Å². The number of benzene rings is 1. The van der Waals surface area contributed by atoms with Crippen LogP contribution in [0.2, 0.25) is 0 Å². The lowest BCUT2D eigenvalue weighted by Crippen LogP contribution is -2.35. The van der Waals surface area contributed by atoms with Crippen LogP contribution >= 0.6 is 0 Å². The molecule has 0 bridgehead atoms. The number of aromatic nitrogens is 3. The Morgan fingerprint density at radius 2 is 2.04 bits per heavy atom. The molecule has 1 aliphatic rings. The van der Waals surface area contributed by atoms with E-state index in [2.05, 4.69) is 15.4 Å². The lowest BCUT2D eigenvalue weighted by molar-refractivity contribution is -0.127. The zero-order valence-electron chi connectivity index (χ0n) is 15.5. The van der Waals surface area contributed by atoms with Crippen molar-refractivity contribution in [3.63, 3.8) is 0 Å². The fourth-order valence-electron chi connectivity index (χ4n) is 3.50. The highest BCUT2D eigenvalue weighted by atomic mass is 19.1. The number of pyridine rings is 1. The van der Waals surface area contributed by atoms with Crippen LogP contribution in [-0.4, -0.2) is 27.3 Å². The number of carbonyl (C=O) groups is 1. The summed E-state index contributed by atoms with van der Waals surface area (Å²) < 4.78 is 20.8. The third-order valence-corrected chi connectivity index (χ3v) is 4.95. The first-order chi connectivity index (χ1) is 13.6. The van der Waals surface area contributed by atoms with Crippen molar-refractivity contribution in [3.8, 4) is 5.69 Å². The van der Waals surface area contributed by atoms with Crippen LogP contribution in [0.25, 0.3) is 5.69 Å². The van der Waals surface area contributed by atoms with E-state index in [9.17, 15) is 9.18 Å². The molecule has 1 amide bonds. The van der Waals surface area contributed by atoms with E-state index in [0.717, 1.165) is 17.1 Å². The number of carbonyl (C=O) groups excluding carboxylic acids is 1. The standard InChI is InChI=1S/C21H21FN4O2/c1-14(18-4-2-3-11-23-18)25-21(27)17-10-13-28-20(17)19-9-12-24-26(19)16-7-5-15(22)6-8-16/h2-9,11-12,14,17,20H,10,13H2,1H3,(H,25,27)/t14?,17-,20-/m0/s1. The minimum Gasteiger partial charge on any atom is -0.371 e. The molecule has 3 atom stereocenters. The monoisotopic (exact) mass is 380 g/mol. The number of hydrogen-bond acceptors (Lipinski definition) is 4. The van der Waals surface area contributed by atoms with Gasteiger partial charge >= 0.3 is 0 Å². The fraction of sp³-hybridized carbons (Fsp3) is 0.286. The Balaban J connectivity index is 1.54. The summed E-state index contributed by atoms with van der Waals surface area (Å²) in [5.74, 6) is -0.718. The molecule has 28 heavy (non-hydrogen) atoms. The Kier molecular flexibility index (Phi) is 5.16. The Morgan fingerprint density at radius 1 is 1.21 bits per heavy atom. The minimum atomic E-state index is -0.413. The lowest BCUT2D eigenvalue weighted by atomic mass is 9.97. The second-order valence-corrected chi connectivity index (χ2v) is 6.82. The minimum absolute atomic E-state index is 0.0764. The van der Waals surface area contributed by atoms with Gasteiger partial charge in [-0.15, -0.1) is 0 Å². The van der Waals surface area contributed by atoms with Crippen LogP contribution in [-0.2, 0) is 9.53 Å². The van der Waals surface area contributed by atoms with Gasteiger partial charge in [0.25, 0.3) is 0 Å². The maximum atomic E-state index is 13.2. The molecule has 144 valence electrons. The zero-order chi connectivity index (χ0) is 19.5. The molecule has 1 fully saturated rings. The average Bonchev–Trinajstić information content (AvgIpc) is 3.38. The summed E-state index contributed by atoms with van der Waals surface area (Å²) in [6, 6.07) is 13.3. The molecule has 0 aliphatic carbocycles. The van der Waals surface area contributed by atoms with Gasteiger partial charge in [0, 0.05) is 19.0 Å². The smallest absolute Gasteiger partial charge is 0.226 e. The van der Waals surface area contributed by atoms with Crippen LogP contribution < -0.4 is 5.32 Å². The van der Waals surface area contributed by atoms with Gasteiger partial charge in [-0.1, -0.05) is 6.07 Å². The van der Waals surface area contributed by atoms with Gasteiger partial charge in [-0.3, -0.25) is 9.78 Å². The zero-order valence-corrected chi connectivity index (χ0v) is 15.5. The fourth-order valence-corrected chi connectivity index (χ4v) is 3.50. The molecule has 1 saturated heterocycles. The maximum absolute atomic E-state index is 13.2. The Labute approximate surface area is 162 Å². The van der Waals surface area contributed by atoms with Crippen LogP contribution in [0, 0.1) is 11.7 Å². The number of halogens is 1. The summed E-state index contributed by atoms with van der Waals surface area (Å²) in [5.41, 5.74) is 2.30. The van der Waals surface area contributed by atoms with Gasteiger partial charge in [0.05, 0.1) is 29.0 Å². The molecule has 1 unspecified atom stereocenters. The van der Waals surface area contributed by atoms with E-state index in [1.165, 1.54) is 12.1 Å². The van der Waals surface area contributed by atoms with E-state index in [1.807, 2.05) is 31.2 Å². The van der Waals surface area contributed by atoms with E-state index in [4.69, 9.17) is 4.74 Å². The van der Waals surface area contributed by atoms with Gasteiger partial charge in [0.1, 0.15) is 11.9 Å². The summed E-state index contributed by atoms with van der Waals surface area (Å²) >= 11 is 0. The summed E-state index contributed by atoms with van der Waals surface area (Å²) in [6.45, 7) is 2.41. The quantitative estimate of drug-likeness (QED) is 0.737. The predicted octanol–water partition coefficient (Wildman–Crippen LogP) is 3.36. The van der Waals surface area contributed by atoms with Gasteiger partial charge < -0.3 is 10.1 Å². The Morgan fingerprint density at radius 3 is 2.79 bits per heavy atom. The number of hydrogen-bond donors (Lipinski definition) is 1. The molecule has 1 N–H and O–H groups in total. The third kappa shape index (κ3) is 3.66. The molecule has 0 radical (unpaired) electrons. The first-order valence-corrected chi connectivity index (χ1v) is 9.26. The molecule has 0 spiro atoms. The largest absolute Gasteiger partial charge is 0.371 e. The van der Waals surface area contributed by atoms with Gasteiger partial charge in [-0.2, -0.15) is 5.10 Å². The average molecular weight is 380 g/mol. The lowest BCUT2D eigenvalue weighted by Gasteiger charge is -2.21. The second kappa shape index (κ2) is 7.90. The van der Waals surface area contributed by atoms with Crippen LogP contribution in [0.15, 0.2) is 60.9 Å². The van der Waals surface area contributed by atoms with E-state index >= 15 is 0 Å². The van der Waals surface area contributed by atoms with Crippen LogP contribution in [0.4, 0.5) is 4.39 Å². The van der Waals surface area contributed by atoms with Gasteiger partial charge in [0.2, 0.25) is 5.91 Å². The number of rotatable bonds is 5. The Hall–Kier alpha value is -3.06. The number of nitrogens with one attached hydrogen (secondary N) is 1. The van der Waals surface area contributed by atoms with Crippen molar-refractivity contribution in [2.75, 3.05) is 6.61 Å². The maximum Gasteiger partial charge on any atom is 0.226 e. The Bertz CT molecular complexity index is 943. The third-order valence-electron chi connectivity index (χ3n) is 4.95. The number of amides is 1. The molecule has 2 aromatic heterocycles. The van der Waals surface area contributed by atoms with E-state index in [0.29, 0.717) is 13.0 Å². The van der Waals surface area contributed by atoms with Crippen molar-refractivity contribution in [3.05, 3.63) is 78.1 Å². The number of ether oxygens (including phenoxy) is 1. The molecule has 3 heterocycles. The molecule has 3 aromatic rings. The second-order valence-electron chi connectivity index (χ2n) is 6.82. The first-order valence-electron chi connectivity index (χ1n) is 9.26. The van der Waals surface area contributed by atoms with E-state index < -0.39 is 6.10 Å². The van der Waals surface area contributed by atoms with Crippen molar-refractivity contribution in [2.24, 2.45) is 5.92 Å². The van der Waals surface area contributed by atoms with E-state index in [-0.39, 0.29) is 23.7 Å². The summed E-state index contributed by atoms with van der Waals surface area (Å²) in [5, 5.41) is 7.37. The van der Waals surface area contributed by atoms with Crippen molar-refractivity contribution in [1.82, 2.24) is 20.1 Å². The van der Waals surface area contributed by atoms with Gasteiger partial charge in [-0.05, 0) is 55.8 Å². The van der Waals surface area contributed by atoms with Crippen molar-refractivity contribution in [1.29, 1.82) is 0 Å². The molecule has 1 aliphatic heterocycles. The molecule has 6 nitrogen and oxygen atoms in total. The normalized spacial score (nSPS) is 20.1. The number of nitrogens with zero attached hydrogens (tertiary/aromatic N) is 3.